The van der Waals surface area contributed by atoms with E-state index in [0.717, 1.165) is 4.90 Å². The van der Waals surface area contributed by atoms with Crippen LogP contribution in [0.5, 0.6) is 5.75 Å². The number of ether oxygens (including phenoxy) is 2. The van der Waals surface area contributed by atoms with Crippen molar-refractivity contribution >= 4 is 52.9 Å². The maximum Gasteiger partial charge on any atom is 0.338 e. The molecular formula is C36H35N3O6S. The van der Waals surface area contributed by atoms with Crippen molar-refractivity contribution in [3.05, 3.63) is 126 Å². The van der Waals surface area contributed by atoms with E-state index < -0.39 is 23.0 Å². The van der Waals surface area contributed by atoms with Crippen LogP contribution >= 0.6 is 11.8 Å². The molecule has 0 spiro atoms. The van der Waals surface area contributed by atoms with Crippen LogP contribution in [0.15, 0.2) is 114 Å². The normalized spacial score (nSPS) is 11.6. The van der Waals surface area contributed by atoms with Gasteiger partial charge in [-0.15, -0.1) is 11.8 Å². The zero-order valence-corrected chi connectivity index (χ0v) is 26.6. The molecule has 3 amide bonds. The predicted molar refractivity (Wildman–Crippen MR) is 181 cm³/mol. The van der Waals surface area contributed by atoms with Crippen LogP contribution in [0.3, 0.4) is 0 Å². The van der Waals surface area contributed by atoms with E-state index in [4.69, 9.17) is 9.47 Å². The van der Waals surface area contributed by atoms with E-state index in [0.29, 0.717) is 40.4 Å². The van der Waals surface area contributed by atoms with Crippen molar-refractivity contribution < 1.29 is 28.7 Å². The monoisotopic (exact) mass is 637 g/mol. The molecule has 236 valence electrons. The van der Waals surface area contributed by atoms with Gasteiger partial charge in [-0.05, 0) is 93.6 Å². The fourth-order valence-corrected chi connectivity index (χ4v) is 5.07. The Labute approximate surface area is 272 Å². The number of rotatable bonds is 13. The summed E-state index contributed by atoms with van der Waals surface area (Å²) in [6.45, 7) is 6.12. The molecular weight excluding hydrogens is 602 g/mol. The summed E-state index contributed by atoms with van der Waals surface area (Å²) in [6.07, 6.45) is 1.58. The summed E-state index contributed by atoms with van der Waals surface area (Å²) < 4.78 is 10.7. The lowest BCUT2D eigenvalue weighted by atomic mass is 10.1. The van der Waals surface area contributed by atoms with Gasteiger partial charge in [0.15, 0.2) is 0 Å². The standard InChI is InChI=1S/C36H35N3O6S/c1-4-44-32-14-10-9-13-27(32)23-31(39-34(41)25-11-7-6-8-12-25)35(42)38-29-19-21-30(22-20-29)46-24(3)33(40)37-28-17-15-26(16-18-28)36(43)45-5-2/h6-24H,4-5H2,1-3H3,(H,37,40)(H,38,42)(H,39,41)/b31-23-. The average Bonchev–Trinajstić information content (AvgIpc) is 3.07. The topological polar surface area (TPSA) is 123 Å². The number of hydrogen-bond acceptors (Lipinski definition) is 7. The van der Waals surface area contributed by atoms with Crippen molar-refractivity contribution in [2.24, 2.45) is 0 Å². The zero-order chi connectivity index (χ0) is 32.9. The summed E-state index contributed by atoms with van der Waals surface area (Å²) >= 11 is 1.35. The third-order valence-corrected chi connectivity index (χ3v) is 7.62. The fourth-order valence-electron chi connectivity index (χ4n) is 4.21. The molecule has 9 nitrogen and oxygen atoms in total. The van der Waals surface area contributed by atoms with Gasteiger partial charge in [-0.25, -0.2) is 4.79 Å². The number of thioether (sulfide) groups is 1. The molecule has 0 aliphatic rings. The summed E-state index contributed by atoms with van der Waals surface area (Å²) in [5.74, 6) is -0.984. The highest BCUT2D eigenvalue weighted by molar-refractivity contribution is 8.00. The molecule has 4 aromatic carbocycles. The number of carbonyl (C=O) groups is 4. The Morgan fingerprint density at radius 3 is 2.04 bits per heavy atom. The molecule has 3 N–H and O–H groups in total. The lowest BCUT2D eigenvalue weighted by Crippen LogP contribution is -2.30. The molecule has 0 radical (unpaired) electrons. The number of esters is 1. The molecule has 4 aromatic rings. The molecule has 0 aliphatic heterocycles. The SMILES string of the molecule is CCOC(=O)c1ccc(NC(=O)C(C)Sc2ccc(NC(=O)/C(=C/c3ccccc3OCC)NC(=O)c3ccccc3)cc2)cc1. The lowest BCUT2D eigenvalue weighted by molar-refractivity contribution is -0.115. The molecule has 10 heteroatoms. The highest BCUT2D eigenvalue weighted by Crippen LogP contribution is 2.26. The third-order valence-electron chi connectivity index (χ3n) is 6.51. The second-order valence-electron chi connectivity index (χ2n) is 9.87. The lowest BCUT2D eigenvalue weighted by Gasteiger charge is -2.14. The van der Waals surface area contributed by atoms with Crippen LogP contribution in [-0.2, 0) is 14.3 Å². The van der Waals surface area contributed by atoms with E-state index >= 15 is 0 Å². The molecule has 0 aromatic heterocycles. The Morgan fingerprint density at radius 2 is 1.37 bits per heavy atom. The van der Waals surface area contributed by atoms with Gasteiger partial charge in [-0.1, -0.05) is 36.4 Å². The van der Waals surface area contributed by atoms with Crippen LogP contribution in [0.25, 0.3) is 6.08 Å². The second-order valence-corrected chi connectivity index (χ2v) is 11.3. The minimum atomic E-state index is -0.516. The van der Waals surface area contributed by atoms with Crippen molar-refractivity contribution in [3.63, 3.8) is 0 Å². The fraction of sp³-hybridized carbons (Fsp3) is 0.167. The van der Waals surface area contributed by atoms with Crippen molar-refractivity contribution in [1.82, 2.24) is 5.32 Å². The van der Waals surface area contributed by atoms with Gasteiger partial charge in [0.25, 0.3) is 11.8 Å². The van der Waals surface area contributed by atoms with E-state index in [1.807, 2.05) is 19.1 Å². The maximum absolute atomic E-state index is 13.5. The first kappa shape index (κ1) is 33.5. The molecule has 0 heterocycles. The molecule has 46 heavy (non-hydrogen) atoms. The van der Waals surface area contributed by atoms with Gasteiger partial charge in [-0.2, -0.15) is 0 Å². The van der Waals surface area contributed by atoms with Crippen molar-refractivity contribution in [1.29, 1.82) is 0 Å². The van der Waals surface area contributed by atoms with Gasteiger partial charge < -0.3 is 25.4 Å². The molecule has 1 atom stereocenters. The van der Waals surface area contributed by atoms with E-state index in [-0.39, 0.29) is 18.2 Å². The number of benzene rings is 4. The zero-order valence-electron chi connectivity index (χ0n) is 25.7. The van der Waals surface area contributed by atoms with E-state index in [2.05, 4.69) is 16.0 Å². The minimum Gasteiger partial charge on any atom is -0.493 e. The number of carbonyl (C=O) groups excluding carboxylic acids is 4. The van der Waals surface area contributed by atoms with Gasteiger partial charge in [0.2, 0.25) is 5.91 Å². The van der Waals surface area contributed by atoms with Gasteiger partial charge in [0.1, 0.15) is 11.4 Å². The first-order chi connectivity index (χ1) is 22.3. The Morgan fingerprint density at radius 1 is 0.739 bits per heavy atom. The Kier molecular flexibility index (Phi) is 12.1. The second kappa shape index (κ2) is 16.6. The van der Waals surface area contributed by atoms with E-state index in [1.54, 1.807) is 111 Å². The van der Waals surface area contributed by atoms with E-state index in [9.17, 15) is 19.2 Å². The number of nitrogens with one attached hydrogen (secondary N) is 3. The average molecular weight is 638 g/mol. The maximum atomic E-state index is 13.5. The third kappa shape index (κ3) is 9.57. The summed E-state index contributed by atoms with van der Waals surface area (Å²) in [4.78, 5) is 51.9. The van der Waals surface area contributed by atoms with Crippen LogP contribution < -0.4 is 20.7 Å². The quantitative estimate of drug-likeness (QED) is 0.0838. The largest absolute Gasteiger partial charge is 0.493 e. The Bertz CT molecular complexity index is 1690. The molecule has 0 bridgehead atoms. The molecule has 1 unspecified atom stereocenters. The molecule has 0 fully saturated rings. The number of amides is 3. The van der Waals surface area contributed by atoms with Gasteiger partial charge in [0.05, 0.1) is 24.0 Å². The molecule has 0 aliphatic carbocycles. The minimum absolute atomic E-state index is 0.0417. The van der Waals surface area contributed by atoms with Crippen molar-refractivity contribution in [3.8, 4) is 5.75 Å². The first-order valence-electron chi connectivity index (χ1n) is 14.7. The highest BCUT2D eigenvalue weighted by atomic mass is 32.2. The van der Waals surface area contributed by atoms with Crippen LogP contribution in [0.4, 0.5) is 11.4 Å². The van der Waals surface area contributed by atoms with Gasteiger partial charge in [0, 0.05) is 27.4 Å². The molecule has 0 saturated carbocycles. The number of anilines is 2. The summed E-state index contributed by atoms with van der Waals surface area (Å²) in [5.41, 5.74) is 2.57. The molecule has 0 saturated heterocycles. The van der Waals surface area contributed by atoms with Gasteiger partial charge in [-0.3, -0.25) is 14.4 Å². The van der Waals surface area contributed by atoms with Crippen LogP contribution in [-0.4, -0.2) is 42.2 Å². The van der Waals surface area contributed by atoms with Crippen molar-refractivity contribution in [2.45, 2.75) is 30.9 Å². The Hall–Kier alpha value is -5.35. The Balaban J connectivity index is 1.42. The number of hydrogen-bond donors (Lipinski definition) is 3. The first-order valence-corrected chi connectivity index (χ1v) is 15.6. The van der Waals surface area contributed by atoms with Crippen LogP contribution in [0.1, 0.15) is 47.1 Å². The van der Waals surface area contributed by atoms with Gasteiger partial charge >= 0.3 is 5.97 Å². The summed E-state index contributed by atoms with van der Waals surface area (Å²) in [5, 5.41) is 8.00. The summed E-state index contributed by atoms with van der Waals surface area (Å²) in [7, 11) is 0. The van der Waals surface area contributed by atoms with E-state index in [1.165, 1.54) is 11.8 Å². The van der Waals surface area contributed by atoms with Crippen molar-refractivity contribution in [2.75, 3.05) is 23.8 Å². The number of para-hydroxylation sites is 1. The molecule has 4 rings (SSSR count). The smallest absolute Gasteiger partial charge is 0.338 e. The highest BCUT2D eigenvalue weighted by Gasteiger charge is 2.18. The predicted octanol–water partition coefficient (Wildman–Crippen LogP) is 6.79. The van der Waals surface area contributed by atoms with Crippen LogP contribution in [0, 0.1) is 0 Å². The summed E-state index contributed by atoms with van der Waals surface area (Å²) in [6, 6.07) is 29.4. The van der Waals surface area contributed by atoms with Crippen LogP contribution in [0.2, 0.25) is 0 Å².